The highest BCUT2D eigenvalue weighted by Gasteiger charge is 2.48. The van der Waals surface area contributed by atoms with Gasteiger partial charge in [0.1, 0.15) is 17.1 Å². The first-order chi connectivity index (χ1) is 11.6. The summed E-state index contributed by atoms with van der Waals surface area (Å²) in [6.45, 7) is 3.74. The summed E-state index contributed by atoms with van der Waals surface area (Å²) in [5.74, 6) is 1.65. The summed E-state index contributed by atoms with van der Waals surface area (Å²) in [5, 5.41) is 0. The number of para-hydroxylation sites is 2. The molecule has 0 spiro atoms. The molecule has 0 radical (unpaired) electrons. The van der Waals surface area contributed by atoms with Gasteiger partial charge in [0.05, 0.1) is 20.8 Å². The molecule has 1 fully saturated rings. The second-order valence-electron chi connectivity index (χ2n) is 6.14. The number of methoxy groups -OCH3 is 2. The summed E-state index contributed by atoms with van der Waals surface area (Å²) in [5.41, 5.74) is 1.40. The van der Waals surface area contributed by atoms with Crippen LogP contribution in [0, 0.1) is 0 Å². The summed E-state index contributed by atoms with van der Waals surface area (Å²) in [6.07, 6.45) is 0. The van der Waals surface area contributed by atoms with Crippen LogP contribution >= 0.6 is 0 Å². The summed E-state index contributed by atoms with van der Waals surface area (Å²) < 4.78 is 17.8. The minimum atomic E-state index is -0.647. The van der Waals surface area contributed by atoms with Crippen molar-refractivity contribution in [3.63, 3.8) is 0 Å². The molecule has 1 unspecified atom stereocenters. The molecule has 4 nitrogen and oxygen atoms in total. The number of likely N-dealkylation sites (N-methyl/N-ethyl adjacent to an activating group) is 1. The van der Waals surface area contributed by atoms with Crippen LogP contribution in [0.1, 0.15) is 18.1 Å². The van der Waals surface area contributed by atoms with Crippen LogP contribution in [-0.4, -0.2) is 45.4 Å². The molecule has 3 rings (SSSR count). The molecule has 0 amide bonds. The quantitative estimate of drug-likeness (QED) is 0.862. The molecule has 24 heavy (non-hydrogen) atoms. The Morgan fingerprint density at radius 1 is 0.958 bits per heavy atom. The van der Waals surface area contributed by atoms with Crippen LogP contribution in [0.25, 0.3) is 0 Å². The minimum absolute atomic E-state index is 0.124. The standard InChI is InChI=1S/C20H25NO3/c1-15-20(24-14-13-21(15)2,16-9-5-7-11-18(16)22-3)17-10-6-8-12-19(17)23-4/h5-12,15H,13-14H2,1-4H3. The smallest absolute Gasteiger partial charge is 0.140 e. The van der Waals surface area contributed by atoms with E-state index in [9.17, 15) is 0 Å². The maximum atomic E-state index is 6.50. The van der Waals surface area contributed by atoms with Crippen molar-refractivity contribution in [2.45, 2.75) is 18.6 Å². The maximum absolute atomic E-state index is 6.50. The molecule has 0 saturated carbocycles. The van der Waals surface area contributed by atoms with Gasteiger partial charge >= 0.3 is 0 Å². The Morgan fingerprint density at radius 2 is 1.46 bits per heavy atom. The van der Waals surface area contributed by atoms with Crippen molar-refractivity contribution in [3.05, 3.63) is 59.7 Å². The fraction of sp³-hybridized carbons (Fsp3) is 0.400. The Morgan fingerprint density at radius 3 is 1.96 bits per heavy atom. The van der Waals surface area contributed by atoms with E-state index in [0.29, 0.717) is 6.61 Å². The van der Waals surface area contributed by atoms with Crippen LogP contribution in [-0.2, 0) is 10.3 Å². The molecule has 128 valence electrons. The van der Waals surface area contributed by atoms with Crippen molar-refractivity contribution in [2.24, 2.45) is 0 Å². The van der Waals surface area contributed by atoms with Gasteiger partial charge in [-0.25, -0.2) is 0 Å². The van der Waals surface area contributed by atoms with E-state index in [-0.39, 0.29) is 6.04 Å². The first-order valence-electron chi connectivity index (χ1n) is 8.26. The molecule has 2 aromatic carbocycles. The monoisotopic (exact) mass is 327 g/mol. The van der Waals surface area contributed by atoms with Crippen LogP contribution in [0.3, 0.4) is 0 Å². The van der Waals surface area contributed by atoms with Crippen LogP contribution in [0.5, 0.6) is 11.5 Å². The molecule has 1 aliphatic rings. The molecule has 0 bridgehead atoms. The SMILES string of the molecule is COc1ccccc1C1(c2ccccc2OC)OCCN(C)C1C. The molecule has 1 aliphatic heterocycles. The molecule has 0 aliphatic carbocycles. The van der Waals surface area contributed by atoms with Crippen LogP contribution < -0.4 is 9.47 Å². The van der Waals surface area contributed by atoms with E-state index in [1.54, 1.807) is 14.2 Å². The minimum Gasteiger partial charge on any atom is -0.496 e. The zero-order chi connectivity index (χ0) is 17.2. The third-order valence-electron chi connectivity index (χ3n) is 5.04. The molecule has 1 atom stereocenters. The number of rotatable bonds is 4. The van der Waals surface area contributed by atoms with Gasteiger partial charge in [0, 0.05) is 23.7 Å². The van der Waals surface area contributed by atoms with Crippen molar-refractivity contribution in [1.82, 2.24) is 4.90 Å². The number of benzene rings is 2. The van der Waals surface area contributed by atoms with Gasteiger partial charge in [-0.3, -0.25) is 4.90 Å². The number of hydrogen-bond acceptors (Lipinski definition) is 4. The topological polar surface area (TPSA) is 30.9 Å². The van der Waals surface area contributed by atoms with Crippen LogP contribution in [0.2, 0.25) is 0 Å². The fourth-order valence-electron chi connectivity index (χ4n) is 3.63. The van der Waals surface area contributed by atoms with Gasteiger partial charge in [-0.2, -0.15) is 0 Å². The predicted octanol–water partition coefficient (Wildman–Crippen LogP) is 3.30. The van der Waals surface area contributed by atoms with Crippen molar-refractivity contribution in [1.29, 1.82) is 0 Å². The van der Waals surface area contributed by atoms with E-state index in [0.717, 1.165) is 29.2 Å². The summed E-state index contributed by atoms with van der Waals surface area (Å²) in [7, 11) is 5.53. The van der Waals surface area contributed by atoms with Gasteiger partial charge in [0.25, 0.3) is 0 Å². The molecule has 4 heteroatoms. The molecular formula is C20H25NO3. The number of hydrogen-bond donors (Lipinski definition) is 0. The molecule has 2 aromatic rings. The van der Waals surface area contributed by atoms with E-state index in [1.807, 2.05) is 36.4 Å². The lowest BCUT2D eigenvalue weighted by atomic mass is 9.78. The Balaban J connectivity index is 2.29. The predicted molar refractivity (Wildman–Crippen MR) is 94.8 cm³/mol. The van der Waals surface area contributed by atoms with E-state index >= 15 is 0 Å². The van der Waals surface area contributed by atoms with Crippen LogP contribution in [0.15, 0.2) is 48.5 Å². The summed E-state index contributed by atoms with van der Waals surface area (Å²) >= 11 is 0. The Kier molecular flexibility index (Phi) is 4.78. The molecule has 1 saturated heterocycles. The zero-order valence-corrected chi connectivity index (χ0v) is 14.8. The highest BCUT2D eigenvalue weighted by molar-refractivity contribution is 5.51. The Hall–Kier alpha value is -2.04. The van der Waals surface area contributed by atoms with Gasteiger partial charge in [-0.05, 0) is 26.1 Å². The number of nitrogens with zero attached hydrogens (tertiary/aromatic N) is 1. The van der Waals surface area contributed by atoms with Gasteiger partial charge in [0.15, 0.2) is 0 Å². The number of ether oxygens (including phenoxy) is 3. The van der Waals surface area contributed by atoms with E-state index < -0.39 is 5.60 Å². The molecule has 0 aromatic heterocycles. The first kappa shape index (κ1) is 16.8. The molecule has 1 heterocycles. The van der Waals surface area contributed by atoms with Gasteiger partial charge in [0.2, 0.25) is 0 Å². The lowest BCUT2D eigenvalue weighted by Gasteiger charge is -2.48. The largest absolute Gasteiger partial charge is 0.496 e. The Bertz CT molecular complexity index is 653. The molecule has 0 N–H and O–H groups in total. The van der Waals surface area contributed by atoms with E-state index in [2.05, 4.69) is 31.0 Å². The average molecular weight is 327 g/mol. The lowest BCUT2D eigenvalue weighted by Crippen LogP contribution is -2.55. The summed E-state index contributed by atoms with van der Waals surface area (Å²) in [4.78, 5) is 2.32. The third-order valence-corrected chi connectivity index (χ3v) is 5.04. The average Bonchev–Trinajstić information content (AvgIpc) is 2.64. The van der Waals surface area contributed by atoms with Crippen molar-refractivity contribution < 1.29 is 14.2 Å². The fourth-order valence-corrected chi connectivity index (χ4v) is 3.63. The molecular weight excluding hydrogens is 302 g/mol. The second kappa shape index (κ2) is 6.83. The van der Waals surface area contributed by atoms with Crippen molar-refractivity contribution >= 4 is 0 Å². The first-order valence-corrected chi connectivity index (χ1v) is 8.26. The van der Waals surface area contributed by atoms with Crippen molar-refractivity contribution in [2.75, 3.05) is 34.4 Å². The summed E-state index contributed by atoms with van der Waals surface area (Å²) in [6, 6.07) is 16.3. The zero-order valence-electron chi connectivity index (χ0n) is 14.8. The van der Waals surface area contributed by atoms with Gasteiger partial charge < -0.3 is 14.2 Å². The lowest BCUT2D eigenvalue weighted by molar-refractivity contribution is -0.118. The van der Waals surface area contributed by atoms with E-state index in [4.69, 9.17) is 14.2 Å². The van der Waals surface area contributed by atoms with Gasteiger partial charge in [-0.15, -0.1) is 0 Å². The van der Waals surface area contributed by atoms with Gasteiger partial charge in [-0.1, -0.05) is 36.4 Å². The highest BCUT2D eigenvalue weighted by atomic mass is 16.5. The normalized spacial score (nSPS) is 20.6. The van der Waals surface area contributed by atoms with Crippen LogP contribution in [0.4, 0.5) is 0 Å². The second-order valence-corrected chi connectivity index (χ2v) is 6.14. The Labute approximate surface area is 144 Å². The maximum Gasteiger partial charge on any atom is 0.140 e. The van der Waals surface area contributed by atoms with Crippen molar-refractivity contribution in [3.8, 4) is 11.5 Å². The third kappa shape index (κ3) is 2.56. The van der Waals surface area contributed by atoms with E-state index in [1.165, 1.54) is 0 Å². The number of morpholine rings is 1. The highest BCUT2D eigenvalue weighted by Crippen LogP contribution is 2.47.